The van der Waals surface area contributed by atoms with Crippen LogP contribution in [0.3, 0.4) is 0 Å². The minimum atomic E-state index is 0.122. The molecule has 0 saturated heterocycles. The summed E-state index contributed by atoms with van der Waals surface area (Å²) >= 11 is 5.30. The van der Waals surface area contributed by atoms with E-state index in [2.05, 4.69) is 0 Å². The van der Waals surface area contributed by atoms with Crippen LogP contribution < -0.4 is 0 Å². The summed E-state index contributed by atoms with van der Waals surface area (Å²) in [5, 5.41) is 8.16. The molecule has 2 heteroatoms. The molecule has 0 aromatic heterocycles. The predicted octanol–water partition coefficient (Wildman–Crippen LogP) is 1.16. The summed E-state index contributed by atoms with van der Waals surface area (Å²) in [6.45, 7) is 0.122. The first-order chi connectivity index (χ1) is 3.41. The standard InChI is InChI=1S/C5H9ClO/c6-4-2-1-3-5-7/h1,3,7H,2,4-5H2/b3-1-. The Bertz CT molecular complexity index is 52.0. The average molecular weight is 121 g/mol. The first-order valence-electron chi connectivity index (χ1n) is 2.23. The molecule has 0 saturated carbocycles. The maximum atomic E-state index is 8.16. The lowest BCUT2D eigenvalue weighted by Crippen LogP contribution is -1.71. The van der Waals surface area contributed by atoms with Gasteiger partial charge in [0.15, 0.2) is 0 Å². The third-order valence-electron chi connectivity index (χ3n) is 0.548. The van der Waals surface area contributed by atoms with Crippen LogP contribution in [-0.4, -0.2) is 17.6 Å². The molecule has 0 aliphatic carbocycles. The van der Waals surface area contributed by atoms with E-state index in [1.807, 2.05) is 6.08 Å². The summed E-state index contributed by atoms with van der Waals surface area (Å²) in [6.07, 6.45) is 4.39. The molecule has 0 spiro atoms. The summed E-state index contributed by atoms with van der Waals surface area (Å²) < 4.78 is 0. The molecule has 7 heavy (non-hydrogen) atoms. The van der Waals surface area contributed by atoms with Crippen LogP contribution in [0.1, 0.15) is 6.42 Å². The van der Waals surface area contributed by atoms with Gasteiger partial charge < -0.3 is 5.11 Å². The zero-order chi connectivity index (χ0) is 5.54. The van der Waals surface area contributed by atoms with Gasteiger partial charge in [0.05, 0.1) is 6.61 Å². The van der Waals surface area contributed by atoms with Gasteiger partial charge in [-0.2, -0.15) is 0 Å². The average Bonchev–Trinajstić information content (AvgIpc) is 1.69. The second-order valence-electron chi connectivity index (χ2n) is 1.13. The molecule has 0 amide bonds. The summed E-state index contributed by atoms with van der Waals surface area (Å²) in [6, 6.07) is 0. The Morgan fingerprint density at radius 2 is 2.14 bits per heavy atom. The van der Waals surface area contributed by atoms with Crippen molar-refractivity contribution in [2.45, 2.75) is 6.42 Å². The highest BCUT2D eigenvalue weighted by molar-refractivity contribution is 6.17. The van der Waals surface area contributed by atoms with Crippen molar-refractivity contribution in [3.63, 3.8) is 0 Å². The fourth-order valence-electron chi connectivity index (χ4n) is 0.255. The van der Waals surface area contributed by atoms with Gasteiger partial charge in [-0.1, -0.05) is 12.2 Å². The van der Waals surface area contributed by atoms with Crippen LogP contribution in [0, 0.1) is 0 Å². The topological polar surface area (TPSA) is 20.2 Å². The van der Waals surface area contributed by atoms with Gasteiger partial charge in [0.2, 0.25) is 0 Å². The molecule has 0 aromatic carbocycles. The van der Waals surface area contributed by atoms with Crippen molar-refractivity contribution in [2.24, 2.45) is 0 Å². The molecule has 1 N–H and O–H groups in total. The maximum absolute atomic E-state index is 8.16. The number of hydrogen-bond donors (Lipinski definition) is 1. The van der Waals surface area contributed by atoms with E-state index in [1.54, 1.807) is 6.08 Å². The van der Waals surface area contributed by atoms with E-state index in [9.17, 15) is 0 Å². The van der Waals surface area contributed by atoms with E-state index in [-0.39, 0.29) is 6.61 Å². The van der Waals surface area contributed by atoms with E-state index in [1.165, 1.54) is 0 Å². The van der Waals surface area contributed by atoms with Crippen LogP contribution in [0.4, 0.5) is 0 Å². The third kappa shape index (κ3) is 5.99. The van der Waals surface area contributed by atoms with Crippen molar-refractivity contribution in [2.75, 3.05) is 12.5 Å². The largest absolute Gasteiger partial charge is 0.392 e. The predicted molar refractivity (Wildman–Crippen MR) is 31.6 cm³/mol. The molecular weight excluding hydrogens is 112 g/mol. The van der Waals surface area contributed by atoms with E-state index < -0.39 is 0 Å². The highest BCUT2D eigenvalue weighted by Gasteiger charge is 1.70. The van der Waals surface area contributed by atoms with Crippen LogP contribution in [0.2, 0.25) is 0 Å². The Kier molecular flexibility index (Phi) is 5.98. The summed E-state index contributed by atoms with van der Waals surface area (Å²) in [4.78, 5) is 0. The lowest BCUT2D eigenvalue weighted by molar-refractivity contribution is 0.342. The Balaban J connectivity index is 2.78. The van der Waals surface area contributed by atoms with Gasteiger partial charge in [-0.15, -0.1) is 11.6 Å². The second-order valence-corrected chi connectivity index (χ2v) is 1.51. The molecule has 0 bridgehead atoms. The SMILES string of the molecule is OC/C=C\CCCl. The molecule has 0 radical (unpaired) electrons. The van der Waals surface area contributed by atoms with E-state index in [4.69, 9.17) is 16.7 Å². The molecule has 0 atom stereocenters. The van der Waals surface area contributed by atoms with Crippen LogP contribution in [-0.2, 0) is 0 Å². The minimum Gasteiger partial charge on any atom is -0.392 e. The van der Waals surface area contributed by atoms with Crippen molar-refractivity contribution >= 4 is 11.6 Å². The monoisotopic (exact) mass is 120 g/mol. The smallest absolute Gasteiger partial charge is 0.0612 e. The fourth-order valence-corrected chi connectivity index (χ4v) is 0.381. The number of allylic oxidation sites excluding steroid dienone is 1. The van der Waals surface area contributed by atoms with Crippen LogP contribution in [0.25, 0.3) is 0 Å². The van der Waals surface area contributed by atoms with E-state index in [0.717, 1.165) is 6.42 Å². The molecule has 42 valence electrons. The third-order valence-corrected chi connectivity index (χ3v) is 0.766. The van der Waals surface area contributed by atoms with Crippen LogP contribution in [0.5, 0.6) is 0 Å². The number of aliphatic hydroxyl groups excluding tert-OH is 1. The lowest BCUT2D eigenvalue weighted by Gasteiger charge is -1.78. The summed E-state index contributed by atoms with van der Waals surface area (Å²) in [5.41, 5.74) is 0. The van der Waals surface area contributed by atoms with E-state index in [0.29, 0.717) is 5.88 Å². The fraction of sp³-hybridized carbons (Fsp3) is 0.600. The van der Waals surface area contributed by atoms with Crippen molar-refractivity contribution in [3.8, 4) is 0 Å². The molecule has 0 aliphatic rings. The van der Waals surface area contributed by atoms with Gasteiger partial charge in [-0.05, 0) is 6.42 Å². The first kappa shape index (κ1) is 6.99. The Hall–Kier alpha value is -0.0100. The zero-order valence-corrected chi connectivity index (χ0v) is 4.86. The van der Waals surface area contributed by atoms with Crippen LogP contribution >= 0.6 is 11.6 Å². The highest BCUT2D eigenvalue weighted by atomic mass is 35.5. The molecule has 0 aromatic rings. The molecule has 1 nitrogen and oxygen atoms in total. The van der Waals surface area contributed by atoms with Gasteiger partial charge in [0.25, 0.3) is 0 Å². The summed E-state index contributed by atoms with van der Waals surface area (Å²) in [5.74, 6) is 0.635. The number of rotatable bonds is 3. The number of aliphatic hydroxyl groups is 1. The normalized spacial score (nSPS) is 10.6. The van der Waals surface area contributed by atoms with Gasteiger partial charge >= 0.3 is 0 Å². The number of halogens is 1. The first-order valence-corrected chi connectivity index (χ1v) is 2.77. The Morgan fingerprint density at radius 1 is 1.43 bits per heavy atom. The molecule has 0 rings (SSSR count). The van der Waals surface area contributed by atoms with Gasteiger partial charge in [-0.25, -0.2) is 0 Å². The molecule has 0 fully saturated rings. The number of hydrogen-bond acceptors (Lipinski definition) is 1. The van der Waals surface area contributed by atoms with Gasteiger partial charge in [-0.3, -0.25) is 0 Å². The molecule has 0 heterocycles. The highest BCUT2D eigenvalue weighted by Crippen LogP contribution is 1.84. The van der Waals surface area contributed by atoms with Crippen molar-refractivity contribution in [1.29, 1.82) is 0 Å². The Morgan fingerprint density at radius 3 is 2.57 bits per heavy atom. The molecular formula is C5H9ClO. The van der Waals surface area contributed by atoms with Crippen molar-refractivity contribution in [1.82, 2.24) is 0 Å². The van der Waals surface area contributed by atoms with Crippen molar-refractivity contribution in [3.05, 3.63) is 12.2 Å². The Labute approximate surface area is 48.6 Å². The molecule has 0 unspecified atom stereocenters. The van der Waals surface area contributed by atoms with Crippen LogP contribution in [0.15, 0.2) is 12.2 Å². The molecule has 0 aliphatic heterocycles. The number of alkyl halides is 1. The van der Waals surface area contributed by atoms with Gasteiger partial charge in [0, 0.05) is 5.88 Å². The summed E-state index contributed by atoms with van der Waals surface area (Å²) in [7, 11) is 0. The zero-order valence-electron chi connectivity index (χ0n) is 4.10. The van der Waals surface area contributed by atoms with E-state index >= 15 is 0 Å². The van der Waals surface area contributed by atoms with Crippen molar-refractivity contribution < 1.29 is 5.11 Å². The maximum Gasteiger partial charge on any atom is 0.0612 e. The minimum absolute atomic E-state index is 0.122. The lowest BCUT2D eigenvalue weighted by atomic mass is 10.4. The van der Waals surface area contributed by atoms with Gasteiger partial charge in [0.1, 0.15) is 0 Å². The quantitative estimate of drug-likeness (QED) is 0.438. The second kappa shape index (κ2) is 5.99.